The second-order valence-electron chi connectivity index (χ2n) is 5.90. The number of carbonyl (C=O) groups excluding carboxylic acids is 2. The summed E-state index contributed by atoms with van der Waals surface area (Å²) in [5.41, 5.74) is 1.45. The molecule has 0 aliphatic heterocycles. The molecule has 0 spiro atoms. The summed E-state index contributed by atoms with van der Waals surface area (Å²) < 4.78 is 21.2. The van der Waals surface area contributed by atoms with Crippen LogP contribution in [-0.2, 0) is 9.53 Å². The van der Waals surface area contributed by atoms with Crippen LogP contribution in [0, 0.1) is 6.92 Å². The third-order valence-electron chi connectivity index (χ3n) is 3.79. The first-order chi connectivity index (χ1) is 12.9. The molecule has 6 nitrogen and oxygen atoms in total. The molecule has 0 unspecified atom stereocenters. The van der Waals surface area contributed by atoms with Crippen LogP contribution in [0.3, 0.4) is 0 Å². The Balaban J connectivity index is 1.90. The fourth-order valence-corrected chi connectivity index (χ4v) is 2.43. The fraction of sp³-hybridized carbons (Fsp3) is 0.333. The molecule has 0 bridgehead atoms. The van der Waals surface area contributed by atoms with Gasteiger partial charge in [0.05, 0.1) is 13.7 Å². The van der Waals surface area contributed by atoms with Gasteiger partial charge >= 0.3 is 5.97 Å². The first-order valence-corrected chi connectivity index (χ1v) is 8.68. The molecule has 27 heavy (non-hydrogen) atoms. The molecule has 144 valence electrons. The summed E-state index contributed by atoms with van der Waals surface area (Å²) in [4.78, 5) is 24.4. The topological polar surface area (TPSA) is 71.1 Å². The number of aryl methyl sites for hydroxylation is 1. The highest BCUT2D eigenvalue weighted by Crippen LogP contribution is 2.27. The highest BCUT2D eigenvalue weighted by Gasteiger charge is 2.20. The van der Waals surface area contributed by atoms with Crippen LogP contribution < -0.4 is 14.2 Å². The Hall–Kier alpha value is -3.02. The number of ether oxygens (including phenoxy) is 4. The maximum absolute atomic E-state index is 12.4. The standard InChI is InChI=1S/C21H24O6/c1-5-25-17-9-7-16(8-10-17)21(23)15(3)27-20(22)13-26-18-11-6-14(2)12-19(18)24-4/h6-12,15H,5,13H2,1-4H3/t15-/m1/s1. The van der Waals surface area contributed by atoms with Crippen molar-refractivity contribution in [3.05, 3.63) is 53.6 Å². The summed E-state index contributed by atoms with van der Waals surface area (Å²) >= 11 is 0. The molecule has 0 saturated carbocycles. The average Bonchev–Trinajstić information content (AvgIpc) is 2.67. The minimum absolute atomic E-state index is 0.292. The van der Waals surface area contributed by atoms with E-state index < -0.39 is 12.1 Å². The molecule has 2 aromatic rings. The summed E-state index contributed by atoms with van der Waals surface area (Å²) in [7, 11) is 1.53. The van der Waals surface area contributed by atoms with E-state index in [0.29, 0.717) is 29.4 Å². The quantitative estimate of drug-likeness (QED) is 0.495. The van der Waals surface area contributed by atoms with Gasteiger partial charge in [0.15, 0.2) is 24.2 Å². The van der Waals surface area contributed by atoms with Gasteiger partial charge in [0.25, 0.3) is 0 Å². The lowest BCUT2D eigenvalue weighted by molar-refractivity contribution is -0.148. The minimum Gasteiger partial charge on any atom is -0.494 e. The van der Waals surface area contributed by atoms with Gasteiger partial charge in [-0.2, -0.15) is 0 Å². The van der Waals surface area contributed by atoms with Gasteiger partial charge in [-0.25, -0.2) is 4.79 Å². The molecule has 0 aromatic heterocycles. The maximum atomic E-state index is 12.4. The van der Waals surface area contributed by atoms with Gasteiger partial charge in [-0.3, -0.25) is 4.79 Å². The van der Waals surface area contributed by atoms with E-state index in [0.717, 1.165) is 5.56 Å². The molecule has 2 aromatic carbocycles. The second kappa shape index (κ2) is 9.62. The fourth-order valence-electron chi connectivity index (χ4n) is 2.43. The molecular formula is C21H24O6. The van der Waals surface area contributed by atoms with E-state index in [-0.39, 0.29) is 12.4 Å². The highest BCUT2D eigenvalue weighted by atomic mass is 16.6. The molecule has 6 heteroatoms. The molecule has 0 fully saturated rings. The molecule has 0 aliphatic carbocycles. The summed E-state index contributed by atoms with van der Waals surface area (Å²) in [6.07, 6.45) is -0.918. The number of esters is 1. The molecule has 0 saturated heterocycles. The summed E-state index contributed by atoms with van der Waals surface area (Å²) in [6.45, 7) is 5.57. The van der Waals surface area contributed by atoms with Gasteiger partial charge in [0.1, 0.15) is 5.75 Å². The van der Waals surface area contributed by atoms with Crippen LogP contribution >= 0.6 is 0 Å². The summed E-state index contributed by atoms with van der Waals surface area (Å²) in [6, 6.07) is 12.1. The van der Waals surface area contributed by atoms with Crippen LogP contribution in [0.1, 0.15) is 29.8 Å². The first kappa shape index (κ1) is 20.3. The number of hydrogen-bond acceptors (Lipinski definition) is 6. The zero-order chi connectivity index (χ0) is 19.8. The van der Waals surface area contributed by atoms with Crippen LogP contribution in [-0.4, -0.2) is 38.2 Å². The van der Waals surface area contributed by atoms with E-state index in [9.17, 15) is 9.59 Å². The van der Waals surface area contributed by atoms with Gasteiger partial charge in [0, 0.05) is 5.56 Å². The summed E-state index contributed by atoms with van der Waals surface area (Å²) in [5.74, 6) is 0.717. The lowest BCUT2D eigenvalue weighted by atomic mass is 10.1. The Morgan fingerprint density at radius 1 is 1.00 bits per heavy atom. The van der Waals surface area contributed by atoms with Crippen molar-refractivity contribution in [2.75, 3.05) is 20.3 Å². The number of hydrogen-bond donors (Lipinski definition) is 0. The van der Waals surface area contributed by atoms with Crippen LogP contribution in [0.5, 0.6) is 17.2 Å². The van der Waals surface area contributed by atoms with E-state index >= 15 is 0 Å². The monoisotopic (exact) mass is 372 g/mol. The van der Waals surface area contributed by atoms with Crippen LogP contribution in [0.25, 0.3) is 0 Å². The van der Waals surface area contributed by atoms with Gasteiger partial charge < -0.3 is 18.9 Å². The van der Waals surface area contributed by atoms with E-state index in [1.807, 2.05) is 19.9 Å². The van der Waals surface area contributed by atoms with Crippen molar-refractivity contribution in [2.24, 2.45) is 0 Å². The zero-order valence-electron chi connectivity index (χ0n) is 16.0. The van der Waals surface area contributed by atoms with Crippen LogP contribution in [0.4, 0.5) is 0 Å². The Labute approximate surface area is 159 Å². The van der Waals surface area contributed by atoms with Crippen LogP contribution in [0.15, 0.2) is 42.5 Å². The molecule has 0 radical (unpaired) electrons. The zero-order valence-corrected chi connectivity index (χ0v) is 16.0. The first-order valence-electron chi connectivity index (χ1n) is 8.68. The van der Waals surface area contributed by atoms with Crippen molar-refractivity contribution in [2.45, 2.75) is 26.9 Å². The maximum Gasteiger partial charge on any atom is 0.344 e. The van der Waals surface area contributed by atoms with Crippen molar-refractivity contribution in [1.29, 1.82) is 0 Å². The molecular weight excluding hydrogens is 348 g/mol. The predicted molar refractivity (Wildman–Crippen MR) is 101 cm³/mol. The third-order valence-corrected chi connectivity index (χ3v) is 3.79. The number of rotatable bonds is 9. The molecule has 2 rings (SSSR count). The third kappa shape index (κ3) is 5.74. The van der Waals surface area contributed by atoms with E-state index in [4.69, 9.17) is 18.9 Å². The SMILES string of the molecule is CCOc1ccc(C(=O)[C@@H](C)OC(=O)COc2ccc(C)cc2OC)cc1. The minimum atomic E-state index is -0.918. The number of Topliss-reactive ketones (excluding diaryl/α,β-unsaturated/α-hetero) is 1. The predicted octanol–water partition coefficient (Wildman–Crippen LogP) is 3.60. The lowest BCUT2D eigenvalue weighted by Gasteiger charge is -2.14. The van der Waals surface area contributed by atoms with E-state index in [1.54, 1.807) is 36.4 Å². The Bertz CT molecular complexity index is 782. The normalized spacial score (nSPS) is 11.4. The van der Waals surface area contributed by atoms with Gasteiger partial charge in [-0.1, -0.05) is 6.07 Å². The van der Waals surface area contributed by atoms with Gasteiger partial charge in [-0.05, 0) is 62.7 Å². The van der Waals surface area contributed by atoms with Gasteiger partial charge in [-0.15, -0.1) is 0 Å². The molecule has 0 amide bonds. The van der Waals surface area contributed by atoms with Crippen molar-refractivity contribution < 1.29 is 28.5 Å². The van der Waals surface area contributed by atoms with E-state index in [1.165, 1.54) is 14.0 Å². The Morgan fingerprint density at radius 2 is 1.70 bits per heavy atom. The number of methoxy groups -OCH3 is 1. The number of benzene rings is 2. The van der Waals surface area contributed by atoms with Crippen molar-refractivity contribution in [3.63, 3.8) is 0 Å². The summed E-state index contributed by atoms with van der Waals surface area (Å²) in [5, 5.41) is 0. The largest absolute Gasteiger partial charge is 0.494 e. The van der Waals surface area contributed by atoms with E-state index in [2.05, 4.69) is 0 Å². The van der Waals surface area contributed by atoms with Crippen molar-refractivity contribution in [3.8, 4) is 17.2 Å². The average molecular weight is 372 g/mol. The molecule has 0 N–H and O–H groups in total. The van der Waals surface area contributed by atoms with Gasteiger partial charge in [0.2, 0.25) is 5.78 Å². The Morgan fingerprint density at radius 3 is 2.33 bits per heavy atom. The Kier molecular flexibility index (Phi) is 7.23. The lowest BCUT2D eigenvalue weighted by Crippen LogP contribution is -2.27. The smallest absolute Gasteiger partial charge is 0.344 e. The molecule has 0 aliphatic rings. The van der Waals surface area contributed by atoms with Crippen molar-refractivity contribution in [1.82, 2.24) is 0 Å². The number of ketones is 1. The molecule has 1 atom stereocenters. The molecule has 0 heterocycles. The second-order valence-corrected chi connectivity index (χ2v) is 5.90. The van der Waals surface area contributed by atoms with Crippen LogP contribution in [0.2, 0.25) is 0 Å². The van der Waals surface area contributed by atoms with Crippen molar-refractivity contribution >= 4 is 11.8 Å². The number of carbonyl (C=O) groups is 2. The highest BCUT2D eigenvalue weighted by molar-refractivity contribution is 6.00.